The number of rotatable bonds is 4. The summed E-state index contributed by atoms with van der Waals surface area (Å²) in [5.74, 6) is 0.844. The molecule has 0 bridgehead atoms. The smallest absolute Gasteiger partial charge is 0.0271 e. The first-order valence-electron chi connectivity index (χ1n) is 6.07. The molecule has 16 heavy (non-hydrogen) atoms. The maximum atomic E-state index is 4.04. The van der Waals surface area contributed by atoms with Gasteiger partial charge in [-0.3, -0.25) is 4.98 Å². The van der Waals surface area contributed by atoms with Crippen molar-refractivity contribution in [2.24, 2.45) is 5.92 Å². The molecule has 0 aliphatic heterocycles. The minimum absolute atomic E-state index is 0.844. The number of hydrogen-bond acceptors (Lipinski definition) is 2. The molecule has 86 valence electrons. The highest BCUT2D eigenvalue weighted by molar-refractivity contribution is 5.09. The zero-order valence-corrected chi connectivity index (χ0v) is 9.97. The number of nitrogens with zero attached hydrogens (tertiary/aromatic N) is 2. The molecule has 0 amide bonds. The van der Waals surface area contributed by atoms with Crippen LogP contribution in [-0.4, -0.2) is 23.5 Å². The molecule has 0 saturated heterocycles. The van der Waals surface area contributed by atoms with E-state index >= 15 is 0 Å². The van der Waals surface area contributed by atoms with Crippen LogP contribution in [0.25, 0.3) is 0 Å². The van der Waals surface area contributed by atoms with Gasteiger partial charge < -0.3 is 4.90 Å². The van der Waals surface area contributed by atoms with E-state index in [-0.39, 0.29) is 0 Å². The Labute approximate surface area is 98.0 Å². The van der Waals surface area contributed by atoms with E-state index in [1.807, 2.05) is 12.4 Å². The molecule has 1 heterocycles. The molecule has 0 spiro atoms. The summed E-state index contributed by atoms with van der Waals surface area (Å²) in [5.41, 5.74) is 1.35. The molecule has 0 aromatic carbocycles. The normalized spacial score (nSPS) is 20.2. The Morgan fingerprint density at radius 3 is 2.81 bits per heavy atom. The van der Waals surface area contributed by atoms with E-state index in [1.165, 1.54) is 31.4 Å². The van der Waals surface area contributed by atoms with Crippen molar-refractivity contribution in [2.75, 3.05) is 13.6 Å². The first kappa shape index (κ1) is 11.3. The largest absolute Gasteiger partial charge is 0.302 e. The van der Waals surface area contributed by atoms with Crippen molar-refractivity contribution < 1.29 is 0 Å². The topological polar surface area (TPSA) is 16.1 Å². The molecular formula is C14H20N2. The Morgan fingerprint density at radius 2 is 2.12 bits per heavy atom. The Bertz CT molecular complexity index is 332. The highest BCUT2D eigenvalue weighted by Crippen LogP contribution is 2.19. The summed E-state index contributed by atoms with van der Waals surface area (Å²) < 4.78 is 0. The van der Waals surface area contributed by atoms with Crippen molar-refractivity contribution in [2.45, 2.75) is 25.8 Å². The molecule has 0 unspecified atom stereocenters. The number of hydrogen-bond donors (Lipinski definition) is 0. The summed E-state index contributed by atoms with van der Waals surface area (Å²) in [6.45, 7) is 2.23. The Kier molecular flexibility index (Phi) is 4.11. The zero-order chi connectivity index (χ0) is 11.2. The van der Waals surface area contributed by atoms with Gasteiger partial charge in [0, 0.05) is 25.5 Å². The summed E-state index contributed by atoms with van der Waals surface area (Å²) in [4.78, 5) is 6.46. The summed E-state index contributed by atoms with van der Waals surface area (Å²) in [6.07, 6.45) is 12.2. The lowest BCUT2D eigenvalue weighted by atomic mass is 9.94. The van der Waals surface area contributed by atoms with Crippen LogP contribution in [0.5, 0.6) is 0 Å². The molecule has 1 aliphatic carbocycles. The van der Waals surface area contributed by atoms with Gasteiger partial charge in [0.1, 0.15) is 0 Å². The van der Waals surface area contributed by atoms with E-state index in [2.05, 4.69) is 41.2 Å². The van der Waals surface area contributed by atoms with Gasteiger partial charge in [0.25, 0.3) is 0 Å². The Morgan fingerprint density at radius 1 is 1.31 bits per heavy atom. The van der Waals surface area contributed by atoms with Gasteiger partial charge in [0.2, 0.25) is 0 Å². The monoisotopic (exact) mass is 216 g/mol. The summed E-state index contributed by atoms with van der Waals surface area (Å²) in [7, 11) is 2.21. The summed E-state index contributed by atoms with van der Waals surface area (Å²) in [5, 5.41) is 0. The molecule has 0 radical (unpaired) electrons. The standard InChI is InChI=1S/C14H20N2/c1-16(11-13-5-3-2-4-6-13)12-14-7-9-15-10-8-14/h2-3,7-10,13H,4-6,11-12H2,1H3/t13-/m1/s1. The SMILES string of the molecule is CN(Cc1ccncc1)C[C@@H]1CC=CCC1. The molecule has 1 aromatic heterocycles. The van der Waals surface area contributed by atoms with Gasteiger partial charge in [-0.1, -0.05) is 12.2 Å². The average molecular weight is 216 g/mol. The van der Waals surface area contributed by atoms with Crippen LogP contribution in [0.1, 0.15) is 24.8 Å². The van der Waals surface area contributed by atoms with Crippen LogP contribution in [0.15, 0.2) is 36.7 Å². The van der Waals surface area contributed by atoms with Crippen molar-refractivity contribution in [3.8, 4) is 0 Å². The van der Waals surface area contributed by atoms with E-state index < -0.39 is 0 Å². The zero-order valence-electron chi connectivity index (χ0n) is 9.97. The van der Waals surface area contributed by atoms with E-state index in [1.54, 1.807) is 0 Å². The van der Waals surface area contributed by atoms with Crippen LogP contribution in [0.3, 0.4) is 0 Å². The van der Waals surface area contributed by atoms with Crippen LogP contribution in [0.2, 0.25) is 0 Å². The second kappa shape index (κ2) is 5.80. The van der Waals surface area contributed by atoms with Crippen LogP contribution < -0.4 is 0 Å². The lowest BCUT2D eigenvalue weighted by molar-refractivity contribution is 0.258. The van der Waals surface area contributed by atoms with Gasteiger partial charge in [0.15, 0.2) is 0 Å². The molecule has 1 aliphatic rings. The molecular weight excluding hydrogens is 196 g/mol. The third-order valence-electron chi connectivity index (χ3n) is 3.15. The molecule has 2 rings (SSSR count). The van der Waals surface area contributed by atoms with Gasteiger partial charge in [-0.15, -0.1) is 0 Å². The molecule has 2 heteroatoms. The third-order valence-corrected chi connectivity index (χ3v) is 3.15. The molecule has 1 aromatic rings. The van der Waals surface area contributed by atoms with Crippen molar-refractivity contribution in [1.29, 1.82) is 0 Å². The highest BCUT2D eigenvalue weighted by atomic mass is 15.1. The fraction of sp³-hybridized carbons (Fsp3) is 0.500. The second-order valence-electron chi connectivity index (χ2n) is 4.70. The van der Waals surface area contributed by atoms with Gasteiger partial charge in [-0.25, -0.2) is 0 Å². The van der Waals surface area contributed by atoms with Crippen LogP contribution >= 0.6 is 0 Å². The average Bonchev–Trinajstić information content (AvgIpc) is 2.31. The minimum atomic E-state index is 0.844. The molecule has 1 atom stereocenters. The van der Waals surface area contributed by atoms with Crippen molar-refractivity contribution in [3.63, 3.8) is 0 Å². The second-order valence-corrected chi connectivity index (χ2v) is 4.70. The first-order valence-corrected chi connectivity index (χ1v) is 6.07. The van der Waals surface area contributed by atoms with E-state index in [9.17, 15) is 0 Å². The molecule has 2 nitrogen and oxygen atoms in total. The van der Waals surface area contributed by atoms with E-state index in [0.29, 0.717) is 0 Å². The van der Waals surface area contributed by atoms with Gasteiger partial charge >= 0.3 is 0 Å². The minimum Gasteiger partial charge on any atom is -0.302 e. The Balaban J connectivity index is 1.80. The maximum Gasteiger partial charge on any atom is 0.0271 e. The maximum absolute atomic E-state index is 4.04. The van der Waals surface area contributed by atoms with Crippen molar-refractivity contribution >= 4 is 0 Å². The van der Waals surface area contributed by atoms with Crippen LogP contribution in [0, 0.1) is 5.92 Å². The third kappa shape index (κ3) is 3.46. The predicted octanol–water partition coefficient (Wildman–Crippen LogP) is 2.87. The number of allylic oxidation sites excluding steroid dienone is 2. The first-order chi connectivity index (χ1) is 7.84. The molecule has 0 saturated carbocycles. The quantitative estimate of drug-likeness (QED) is 0.719. The van der Waals surface area contributed by atoms with Gasteiger partial charge in [-0.2, -0.15) is 0 Å². The van der Waals surface area contributed by atoms with Crippen LogP contribution in [-0.2, 0) is 6.54 Å². The predicted molar refractivity (Wildman–Crippen MR) is 67.1 cm³/mol. The van der Waals surface area contributed by atoms with Gasteiger partial charge in [-0.05, 0) is 49.9 Å². The number of aromatic nitrogens is 1. The lowest BCUT2D eigenvalue weighted by Crippen LogP contribution is -2.25. The van der Waals surface area contributed by atoms with Gasteiger partial charge in [0.05, 0.1) is 0 Å². The van der Waals surface area contributed by atoms with E-state index in [4.69, 9.17) is 0 Å². The highest BCUT2D eigenvalue weighted by Gasteiger charge is 2.12. The molecule has 0 fully saturated rings. The lowest BCUT2D eigenvalue weighted by Gasteiger charge is -2.24. The number of pyridine rings is 1. The Hall–Kier alpha value is -1.15. The van der Waals surface area contributed by atoms with E-state index in [0.717, 1.165) is 12.5 Å². The summed E-state index contributed by atoms with van der Waals surface area (Å²) >= 11 is 0. The van der Waals surface area contributed by atoms with Crippen molar-refractivity contribution in [3.05, 3.63) is 42.2 Å². The fourth-order valence-corrected chi connectivity index (χ4v) is 2.33. The molecule has 0 N–H and O–H groups in total. The fourth-order valence-electron chi connectivity index (χ4n) is 2.33. The van der Waals surface area contributed by atoms with Crippen LogP contribution in [0.4, 0.5) is 0 Å². The summed E-state index contributed by atoms with van der Waals surface area (Å²) in [6, 6.07) is 4.19. The van der Waals surface area contributed by atoms with Crippen molar-refractivity contribution in [1.82, 2.24) is 9.88 Å².